The highest BCUT2D eigenvalue weighted by molar-refractivity contribution is 5.86. The molecule has 0 saturated heterocycles. The molecule has 0 aromatic carbocycles. The highest BCUT2D eigenvalue weighted by atomic mass is 19.4. The molecular weight excluding hydrogens is 433 g/mol. The van der Waals surface area contributed by atoms with E-state index in [2.05, 4.69) is 6.58 Å². The largest absolute Gasteiger partial charge is 0.460 e. The lowest BCUT2D eigenvalue weighted by Gasteiger charge is -2.41. The minimum Gasteiger partial charge on any atom is -0.352 e. The lowest BCUT2D eigenvalue weighted by molar-refractivity contribution is -0.443. The molecule has 0 aliphatic rings. The van der Waals surface area contributed by atoms with Crippen LogP contribution in [-0.4, -0.2) is 48.2 Å². The van der Waals surface area contributed by atoms with Gasteiger partial charge < -0.3 is 5.32 Å². The van der Waals surface area contributed by atoms with Gasteiger partial charge in [0.2, 0.25) is 5.91 Å². The molecular formula is C13H12F13NO. The molecule has 166 valence electrons. The second-order valence-electron chi connectivity index (χ2n) is 5.47. The Kier molecular flexibility index (Phi) is 7.15. The van der Waals surface area contributed by atoms with Gasteiger partial charge in [-0.2, -0.15) is 57.1 Å². The second kappa shape index (κ2) is 7.61. The van der Waals surface area contributed by atoms with Crippen LogP contribution in [0.25, 0.3) is 0 Å². The number of rotatable bonds is 9. The van der Waals surface area contributed by atoms with Gasteiger partial charge in [0.25, 0.3) is 0 Å². The number of amides is 1. The summed E-state index contributed by atoms with van der Waals surface area (Å²) >= 11 is 0. The number of alkyl halides is 13. The second-order valence-corrected chi connectivity index (χ2v) is 5.47. The molecule has 2 nitrogen and oxygen atoms in total. The first kappa shape index (κ1) is 26.3. The van der Waals surface area contributed by atoms with Crippen molar-refractivity contribution in [2.75, 3.05) is 6.54 Å². The van der Waals surface area contributed by atoms with Crippen molar-refractivity contribution in [2.45, 2.75) is 49.1 Å². The molecule has 0 radical (unpaired) electrons. The average molecular weight is 445 g/mol. The predicted octanol–water partition coefficient (Wildman–Crippen LogP) is 5.05. The van der Waals surface area contributed by atoms with E-state index >= 15 is 0 Å². The van der Waals surface area contributed by atoms with E-state index in [4.69, 9.17) is 0 Å². The van der Waals surface area contributed by atoms with Crippen LogP contribution in [0, 0.1) is 5.92 Å². The maximum absolute atomic E-state index is 13.9. The SMILES string of the molecule is C=CC(=O)NCC(CC)C(F)(F)C(F)(F)C(F)(F)C(F)(F)C(F)(F)C(F)(F)F. The molecule has 0 aliphatic heterocycles. The van der Waals surface area contributed by atoms with E-state index in [9.17, 15) is 61.9 Å². The fourth-order valence-corrected chi connectivity index (χ4v) is 1.86. The van der Waals surface area contributed by atoms with Crippen molar-refractivity contribution < 1.29 is 61.9 Å². The van der Waals surface area contributed by atoms with Crippen LogP contribution in [0.3, 0.4) is 0 Å². The van der Waals surface area contributed by atoms with Crippen molar-refractivity contribution in [1.82, 2.24) is 5.32 Å². The molecule has 1 unspecified atom stereocenters. The molecule has 0 heterocycles. The van der Waals surface area contributed by atoms with E-state index in [1.165, 1.54) is 5.32 Å². The van der Waals surface area contributed by atoms with Gasteiger partial charge in [-0.05, 0) is 12.5 Å². The Labute approximate surface area is 148 Å². The number of hydrogen-bond acceptors (Lipinski definition) is 1. The normalized spacial score (nSPS) is 15.9. The molecule has 0 fully saturated rings. The Balaban J connectivity index is 6.22. The zero-order valence-electron chi connectivity index (χ0n) is 13.6. The van der Waals surface area contributed by atoms with Crippen LogP contribution in [0.1, 0.15) is 13.3 Å². The molecule has 1 atom stereocenters. The molecule has 0 rings (SSSR count). The Hall–Kier alpha value is -1.70. The van der Waals surface area contributed by atoms with Gasteiger partial charge in [0.1, 0.15) is 0 Å². The van der Waals surface area contributed by atoms with Crippen LogP contribution >= 0.6 is 0 Å². The van der Waals surface area contributed by atoms with E-state index < -0.39 is 60.6 Å². The van der Waals surface area contributed by atoms with Crippen LogP contribution in [0.2, 0.25) is 0 Å². The maximum Gasteiger partial charge on any atom is 0.460 e. The van der Waals surface area contributed by atoms with Crippen molar-refractivity contribution in [1.29, 1.82) is 0 Å². The van der Waals surface area contributed by atoms with E-state index in [1.54, 1.807) is 0 Å². The quantitative estimate of drug-likeness (QED) is 0.391. The summed E-state index contributed by atoms with van der Waals surface area (Å²) in [6, 6.07) is 0. The highest BCUT2D eigenvalue weighted by Crippen LogP contribution is 2.61. The van der Waals surface area contributed by atoms with Crippen molar-refractivity contribution in [3.05, 3.63) is 12.7 Å². The van der Waals surface area contributed by atoms with Crippen molar-refractivity contribution >= 4 is 5.91 Å². The number of nitrogens with one attached hydrogen (secondary N) is 1. The monoisotopic (exact) mass is 445 g/mol. The summed E-state index contributed by atoms with van der Waals surface area (Å²) in [7, 11) is 0. The van der Waals surface area contributed by atoms with Gasteiger partial charge in [-0.1, -0.05) is 13.5 Å². The van der Waals surface area contributed by atoms with Gasteiger partial charge in [0.15, 0.2) is 0 Å². The van der Waals surface area contributed by atoms with E-state index in [0.29, 0.717) is 13.0 Å². The summed E-state index contributed by atoms with van der Waals surface area (Å²) in [5.74, 6) is -41.4. The van der Waals surface area contributed by atoms with Crippen LogP contribution in [0.4, 0.5) is 57.1 Å². The zero-order chi connectivity index (χ0) is 23.0. The third-order valence-corrected chi connectivity index (χ3v) is 3.67. The molecule has 0 spiro atoms. The fraction of sp³-hybridized carbons (Fsp3) is 0.769. The van der Waals surface area contributed by atoms with Gasteiger partial charge in [0, 0.05) is 12.5 Å². The standard InChI is InChI=1S/C13H12F13NO/c1-3-6(5-27-7(28)4-2)8(14,15)9(16,17)10(18,19)11(20,21)12(22,23)13(24,25)26/h4,6H,2-3,5H2,1H3,(H,27,28). The smallest absolute Gasteiger partial charge is 0.352 e. The third kappa shape index (κ3) is 3.88. The minimum absolute atomic E-state index is 0.440. The summed E-state index contributed by atoms with van der Waals surface area (Å²) < 4.78 is 169. The summed E-state index contributed by atoms with van der Waals surface area (Å²) in [6.45, 7) is 1.98. The molecule has 1 amide bonds. The van der Waals surface area contributed by atoms with Gasteiger partial charge >= 0.3 is 35.8 Å². The van der Waals surface area contributed by atoms with E-state index in [-0.39, 0.29) is 0 Å². The summed E-state index contributed by atoms with van der Waals surface area (Å²) in [5.41, 5.74) is 0. The first-order valence-corrected chi connectivity index (χ1v) is 7.02. The van der Waals surface area contributed by atoms with Gasteiger partial charge in [-0.15, -0.1) is 0 Å². The molecule has 0 aromatic heterocycles. The maximum atomic E-state index is 13.9. The lowest BCUT2D eigenvalue weighted by Crippen LogP contribution is -2.71. The van der Waals surface area contributed by atoms with Gasteiger partial charge in [0.05, 0.1) is 0 Å². The predicted molar refractivity (Wildman–Crippen MR) is 67.8 cm³/mol. The highest BCUT2D eigenvalue weighted by Gasteiger charge is 2.91. The molecule has 1 N–H and O–H groups in total. The molecule has 0 saturated carbocycles. The van der Waals surface area contributed by atoms with Crippen LogP contribution in [-0.2, 0) is 4.79 Å². The van der Waals surface area contributed by atoms with Gasteiger partial charge in [-0.3, -0.25) is 4.79 Å². The molecule has 15 heteroatoms. The third-order valence-electron chi connectivity index (χ3n) is 3.67. The Morgan fingerprint density at radius 3 is 1.54 bits per heavy atom. The van der Waals surface area contributed by atoms with Crippen LogP contribution in [0.5, 0.6) is 0 Å². The van der Waals surface area contributed by atoms with Crippen LogP contribution in [0.15, 0.2) is 12.7 Å². The lowest BCUT2D eigenvalue weighted by atomic mass is 9.86. The molecule has 0 aliphatic carbocycles. The molecule has 28 heavy (non-hydrogen) atoms. The van der Waals surface area contributed by atoms with E-state index in [1.807, 2.05) is 0 Å². The Bertz CT molecular complexity index is 581. The summed E-state index contributed by atoms with van der Waals surface area (Å²) in [5, 5.41) is 1.48. The zero-order valence-corrected chi connectivity index (χ0v) is 13.6. The van der Waals surface area contributed by atoms with Crippen molar-refractivity contribution in [3.8, 4) is 0 Å². The molecule has 0 bridgehead atoms. The topological polar surface area (TPSA) is 29.1 Å². The minimum atomic E-state index is -7.94. The van der Waals surface area contributed by atoms with Crippen molar-refractivity contribution in [3.63, 3.8) is 0 Å². The van der Waals surface area contributed by atoms with E-state index in [0.717, 1.165) is 0 Å². The number of carbonyl (C=O) groups excluding carboxylic acids is 1. The number of halogens is 13. The fourth-order valence-electron chi connectivity index (χ4n) is 1.86. The number of carbonyl (C=O) groups is 1. The van der Waals surface area contributed by atoms with Gasteiger partial charge in [-0.25, -0.2) is 0 Å². The first-order valence-electron chi connectivity index (χ1n) is 7.02. The van der Waals surface area contributed by atoms with Crippen molar-refractivity contribution in [2.24, 2.45) is 5.92 Å². The van der Waals surface area contributed by atoms with Crippen LogP contribution < -0.4 is 5.32 Å². The Morgan fingerprint density at radius 1 is 0.821 bits per heavy atom. The number of hydrogen-bond donors (Lipinski definition) is 1. The first-order chi connectivity index (χ1) is 12.2. The average Bonchev–Trinajstić information content (AvgIpc) is 2.52. The summed E-state index contributed by atoms with van der Waals surface area (Å²) in [4.78, 5) is 10.9. The molecule has 0 aromatic rings. The summed E-state index contributed by atoms with van der Waals surface area (Å²) in [6.07, 6.45) is -8.19. The Morgan fingerprint density at radius 2 is 1.21 bits per heavy atom.